The van der Waals surface area contributed by atoms with Gasteiger partial charge in [0.2, 0.25) is 0 Å². The molecule has 3 rings (SSSR count). The van der Waals surface area contributed by atoms with E-state index in [9.17, 15) is 4.79 Å². The first-order valence-corrected chi connectivity index (χ1v) is 8.29. The van der Waals surface area contributed by atoms with Crippen LogP contribution in [0.1, 0.15) is 19.4 Å². The highest BCUT2D eigenvalue weighted by Crippen LogP contribution is 2.23. The minimum Gasteiger partial charge on any atom is -0.321 e. The Balaban J connectivity index is 1.61. The van der Waals surface area contributed by atoms with Crippen LogP contribution in [0.5, 0.6) is 0 Å². The maximum absolute atomic E-state index is 12.5. The number of benzene rings is 1. The molecular formula is C18H25N5O. The largest absolute Gasteiger partial charge is 0.323 e. The van der Waals surface area contributed by atoms with E-state index in [0.29, 0.717) is 12.4 Å². The van der Waals surface area contributed by atoms with E-state index >= 15 is 0 Å². The molecule has 2 amide bonds. The maximum Gasteiger partial charge on any atom is 0.323 e. The van der Waals surface area contributed by atoms with Crippen LogP contribution in [0.4, 0.5) is 10.6 Å². The first kappa shape index (κ1) is 16.5. The van der Waals surface area contributed by atoms with Crippen molar-refractivity contribution in [3.8, 4) is 0 Å². The third-order valence-corrected chi connectivity index (χ3v) is 4.53. The highest BCUT2D eigenvalue weighted by Gasteiger charge is 2.35. The molecule has 1 aromatic heterocycles. The number of nitrogens with one attached hydrogen (secondary N) is 1. The Morgan fingerprint density at radius 3 is 2.58 bits per heavy atom. The van der Waals surface area contributed by atoms with Crippen molar-refractivity contribution in [1.29, 1.82) is 0 Å². The predicted molar refractivity (Wildman–Crippen MR) is 94.7 cm³/mol. The van der Waals surface area contributed by atoms with Crippen LogP contribution in [-0.4, -0.2) is 50.8 Å². The van der Waals surface area contributed by atoms with Gasteiger partial charge in [0.1, 0.15) is 0 Å². The molecule has 1 saturated heterocycles. The molecule has 24 heavy (non-hydrogen) atoms. The lowest BCUT2D eigenvalue weighted by Crippen LogP contribution is -2.60. The molecule has 0 radical (unpaired) electrons. The second-order valence-corrected chi connectivity index (χ2v) is 6.95. The SMILES string of the molecule is Cn1ccc(NC(=O)N2CCN(Cc3ccccc3)C(C)(C)C2)n1. The molecular weight excluding hydrogens is 302 g/mol. The summed E-state index contributed by atoms with van der Waals surface area (Å²) in [4.78, 5) is 16.8. The number of amides is 2. The van der Waals surface area contributed by atoms with E-state index in [2.05, 4.69) is 53.4 Å². The minimum atomic E-state index is -0.0823. The third-order valence-electron chi connectivity index (χ3n) is 4.53. The van der Waals surface area contributed by atoms with Crippen molar-refractivity contribution in [2.75, 3.05) is 25.0 Å². The lowest BCUT2D eigenvalue weighted by molar-refractivity contribution is 0.0325. The molecule has 0 bridgehead atoms. The third kappa shape index (κ3) is 3.76. The van der Waals surface area contributed by atoms with Crippen LogP contribution >= 0.6 is 0 Å². The minimum absolute atomic E-state index is 0.0739. The lowest BCUT2D eigenvalue weighted by Gasteiger charge is -2.47. The number of anilines is 1. The van der Waals surface area contributed by atoms with Gasteiger partial charge < -0.3 is 4.90 Å². The molecule has 6 heteroatoms. The fourth-order valence-electron chi connectivity index (χ4n) is 3.13. The summed E-state index contributed by atoms with van der Waals surface area (Å²) in [5.74, 6) is 0.590. The van der Waals surface area contributed by atoms with Gasteiger partial charge in [-0.15, -0.1) is 0 Å². The Morgan fingerprint density at radius 1 is 1.21 bits per heavy atom. The summed E-state index contributed by atoms with van der Waals surface area (Å²) in [5.41, 5.74) is 1.23. The van der Waals surface area contributed by atoms with Gasteiger partial charge in [0.25, 0.3) is 0 Å². The van der Waals surface area contributed by atoms with Gasteiger partial charge in [0.15, 0.2) is 5.82 Å². The van der Waals surface area contributed by atoms with Crippen molar-refractivity contribution in [2.24, 2.45) is 7.05 Å². The molecule has 2 heterocycles. The molecule has 2 aromatic rings. The Labute approximate surface area is 143 Å². The molecule has 128 valence electrons. The second kappa shape index (κ2) is 6.65. The van der Waals surface area contributed by atoms with E-state index in [1.54, 1.807) is 10.7 Å². The van der Waals surface area contributed by atoms with Crippen LogP contribution in [0.3, 0.4) is 0 Å². The fraction of sp³-hybridized carbons (Fsp3) is 0.444. The van der Waals surface area contributed by atoms with Crippen LogP contribution < -0.4 is 5.32 Å². The molecule has 6 nitrogen and oxygen atoms in total. The van der Waals surface area contributed by atoms with Crippen molar-refractivity contribution in [2.45, 2.75) is 25.9 Å². The zero-order valence-electron chi connectivity index (χ0n) is 14.6. The van der Waals surface area contributed by atoms with Gasteiger partial charge in [-0.05, 0) is 19.4 Å². The fourth-order valence-corrected chi connectivity index (χ4v) is 3.13. The molecule has 0 unspecified atom stereocenters. The van der Waals surface area contributed by atoms with Gasteiger partial charge in [-0.25, -0.2) is 4.79 Å². The summed E-state index contributed by atoms with van der Waals surface area (Å²) < 4.78 is 1.68. The molecule has 1 aliphatic rings. The molecule has 1 aliphatic heterocycles. The zero-order chi connectivity index (χ0) is 17.2. The Morgan fingerprint density at radius 2 is 1.96 bits per heavy atom. The number of aryl methyl sites for hydroxylation is 1. The Bertz CT molecular complexity index is 694. The van der Waals surface area contributed by atoms with Crippen molar-refractivity contribution < 1.29 is 4.79 Å². The van der Waals surface area contributed by atoms with Gasteiger partial charge in [0, 0.05) is 51.0 Å². The monoisotopic (exact) mass is 327 g/mol. The summed E-state index contributed by atoms with van der Waals surface area (Å²) in [6.07, 6.45) is 1.82. The Hall–Kier alpha value is -2.34. The molecule has 1 aromatic carbocycles. The first-order chi connectivity index (χ1) is 11.4. The normalized spacial score (nSPS) is 17.7. The number of hydrogen-bond donors (Lipinski definition) is 1. The number of nitrogens with zero attached hydrogens (tertiary/aromatic N) is 4. The smallest absolute Gasteiger partial charge is 0.321 e. The summed E-state index contributed by atoms with van der Waals surface area (Å²) in [6, 6.07) is 12.2. The van der Waals surface area contributed by atoms with Gasteiger partial charge in [0.05, 0.1) is 0 Å². The van der Waals surface area contributed by atoms with Crippen molar-refractivity contribution in [1.82, 2.24) is 19.6 Å². The van der Waals surface area contributed by atoms with Crippen molar-refractivity contribution in [3.05, 3.63) is 48.2 Å². The summed E-state index contributed by atoms with van der Waals surface area (Å²) in [6.45, 7) is 7.56. The van der Waals surface area contributed by atoms with Gasteiger partial charge in [-0.3, -0.25) is 14.9 Å². The number of aromatic nitrogens is 2. The first-order valence-electron chi connectivity index (χ1n) is 8.29. The topological polar surface area (TPSA) is 53.4 Å². The van der Waals surface area contributed by atoms with E-state index in [-0.39, 0.29) is 11.6 Å². The molecule has 0 atom stereocenters. The van der Waals surface area contributed by atoms with E-state index in [1.165, 1.54) is 5.56 Å². The molecule has 1 fully saturated rings. The highest BCUT2D eigenvalue weighted by atomic mass is 16.2. The van der Waals surface area contributed by atoms with E-state index in [4.69, 9.17) is 0 Å². The number of urea groups is 1. The van der Waals surface area contributed by atoms with E-state index < -0.39 is 0 Å². The summed E-state index contributed by atoms with van der Waals surface area (Å²) in [7, 11) is 1.83. The highest BCUT2D eigenvalue weighted by molar-refractivity contribution is 5.88. The number of carbonyl (C=O) groups excluding carboxylic acids is 1. The maximum atomic E-state index is 12.5. The Kier molecular flexibility index (Phi) is 4.57. The van der Waals surface area contributed by atoms with Crippen LogP contribution in [0.25, 0.3) is 0 Å². The summed E-state index contributed by atoms with van der Waals surface area (Å²) >= 11 is 0. The average molecular weight is 327 g/mol. The van der Waals surface area contributed by atoms with Crippen LogP contribution in [-0.2, 0) is 13.6 Å². The predicted octanol–water partition coefficient (Wildman–Crippen LogP) is 2.55. The lowest BCUT2D eigenvalue weighted by atomic mass is 9.98. The second-order valence-electron chi connectivity index (χ2n) is 6.95. The van der Waals surface area contributed by atoms with E-state index in [1.807, 2.05) is 24.2 Å². The van der Waals surface area contributed by atoms with Crippen LogP contribution in [0.2, 0.25) is 0 Å². The summed E-state index contributed by atoms with van der Waals surface area (Å²) in [5, 5.41) is 7.07. The number of piperazine rings is 1. The van der Waals surface area contributed by atoms with E-state index in [0.717, 1.165) is 19.6 Å². The molecule has 0 spiro atoms. The van der Waals surface area contributed by atoms with Crippen LogP contribution in [0.15, 0.2) is 42.6 Å². The molecule has 1 N–H and O–H groups in total. The number of carbonyl (C=O) groups is 1. The molecule has 0 saturated carbocycles. The zero-order valence-corrected chi connectivity index (χ0v) is 14.6. The van der Waals surface area contributed by atoms with Crippen molar-refractivity contribution in [3.63, 3.8) is 0 Å². The number of rotatable bonds is 3. The molecule has 0 aliphatic carbocycles. The quantitative estimate of drug-likeness (QED) is 0.942. The van der Waals surface area contributed by atoms with Crippen molar-refractivity contribution >= 4 is 11.8 Å². The van der Waals surface area contributed by atoms with Gasteiger partial charge >= 0.3 is 6.03 Å². The van der Waals surface area contributed by atoms with Gasteiger partial charge in [-0.2, -0.15) is 5.10 Å². The van der Waals surface area contributed by atoms with Gasteiger partial charge in [-0.1, -0.05) is 30.3 Å². The van der Waals surface area contributed by atoms with Crippen LogP contribution in [0, 0.1) is 0 Å². The standard InChI is InChI=1S/C18H25N5O/c1-18(2)14-22(17(24)19-16-9-10-21(3)20-16)11-12-23(18)13-15-7-5-4-6-8-15/h4-10H,11-14H2,1-3H3,(H,19,20,24). The average Bonchev–Trinajstić information content (AvgIpc) is 2.95. The number of hydrogen-bond acceptors (Lipinski definition) is 3.